The molecule has 2 bridgehead atoms. The number of carbonyl (C=O) groups excluding carboxylic acids is 3. The zero-order valence-corrected chi connectivity index (χ0v) is 37.8. The van der Waals surface area contributed by atoms with Gasteiger partial charge in [0, 0.05) is 59.7 Å². The highest BCUT2D eigenvalue weighted by molar-refractivity contribution is 7.99. The maximum atomic E-state index is 14.6. The number of Topliss-reactive ketones (excluding diaryl/α,β-unsaturated/α-hetero) is 1. The van der Waals surface area contributed by atoms with Crippen LogP contribution in [0.4, 0.5) is 4.79 Å². The third kappa shape index (κ3) is 7.34. The number of ketones is 1. The lowest BCUT2D eigenvalue weighted by atomic mass is 9.65. The van der Waals surface area contributed by atoms with Crippen molar-refractivity contribution in [3.63, 3.8) is 0 Å². The van der Waals surface area contributed by atoms with Crippen molar-refractivity contribution in [2.24, 2.45) is 0 Å². The molecule has 15 nitrogen and oxygen atoms in total. The van der Waals surface area contributed by atoms with E-state index in [4.69, 9.17) is 33.2 Å². The van der Waals surface area contributed by atoms with Gasteiger partial charge in [-0.2, -0.15) is 17.0 Å². The van der Waals surface area contributed by atoms with E-state index in [1.165, 1.54) is 47.2 Å². The number of esters is 1. The number of piperazine rings is 1. The van der Waals surface area contributed by atoms with Crippen molar-refractivity contribution in [3.05, 3.63) is 118 Å². The molecule has 340 valence electrons. The third-order valence-corrected chi connectivity index (χ3v) is 14.8. The van der Waals surface area contributed by atoms with Gasteiger partial charge in [0.05, 0.1) is 25.3 Å². The number of hydrogen-bond acceptors (Lipinski definition) is 15. The van der Waals surface area contributed by atoms with Gasteiger partial charge in [0.15, 0.2) is 41.2 Å². The van der Waals surface area contributed by atoms with Crippen molar-refractivity contribution in [3.8, 4) is 28.7 Å². The third-order valence-electron chi connectivity index (χ3n) is 13.7. The van der Waals surface area contributed by atoms with Gasteiger partial charge in [-0.3, -0.25) is 14.6 Å². The minimum Gasteiger partial charge on any atom is -0.493 e. The predicted octanol–water partition coefficient (Wildman–Crippen LogP) is 5.45. The van der Waals surface area contributed by atoms with Crippen molar-refractivity contribution in [1.29, 1.82) is 5.26 Å². The molecule has 16 heteroatoms. The number of aliphatic hydroxyl groups is 1. The number of nitrogens with zero attached hydrogens (tertiary/aromatic N) is 3. The van der Waals surface area contributed by atoms with Crippen LogP contribution >= 0.6 is 11.8 Å². The molecule has 1 unspecified atom stereocenters. The minimum atomic E-state index is -2.14. The van der Waals surface area contributed by atoms with E-state index in [0.717, 1.165) is 16.7 Å². The van der Waals surface area contributed by atoms with Gasteiger partial charge in [-0.15, -0.1) is 0 Å². The number of aryl methyl sites for hydroxylation is 1. The highest BCUT2D eigenvalue weighted by Gasteiger charge is 2.64. The number of piperidine rings is 1. The Bertz CT molecular complexity index is 2510. The number of likely N-dealkylation sites (N-methyl/N-ethyl adjacent to an activating group) is 1. The first-order valence-electron chi connectivity index (χ1n) is 21.6. The van der Waals surface area contributed by atoms with E-state index in [2.05, 4.69) is 47.1 Å². The van der Waals surface area contributed by atoms with E-state index in [-0.39, 0.29) is 67.0 Å². The number of carbonyl (C=O) groups is 3. The molecule has 65 heavy (non-hydrogen) atoms. The van der Waals surface area contributed by atoms with Crippen LogP contribution in [0.3, 0.4) is 0 Å². The Morgan fingerprint density at radius 2 is 1.77 bits per heavy atom. The lowest BCUT2D eigenvalue weighted by molar-refractivity contribution is -0.159. The molecule has 9 rings (SSSR count). The van der Waals surface area contributed by atoms with E-state index in [9.17, 15) is 24.8 Å². The van der Waals surface area contributed by atoms with E-state index in [1.54, 1.807) is 14.0 Å². The number of nitriles is 1. The number of benzene rings is 3. The zero-order chi connectivity index (χ0) is 45.7. The maximum Gasteiger partial charge on any atom is 0.408 e. The normalized spacial score (nSPS) is 25.6. The Morgan fingerprint density at radius 3 is 2.45 bits per heavy atom. The highest BCUT2D eigenvalue weighted by atomic mass is 32.2. The van der Waals surface area contributed by atoms with E-state index < -0.39 is 60.3 Å². The topological polar surface area (TPSA) is 178 Å². The first-order valence-corrected chi connectivity index (χ1v) is 22.8. The molecule has 3 saturated heterocycles. The number of methoxy groups -OCH3 is 2. The number of ether oxygens (including phenoxy) is 7. The Balaban J connectivity index is 1.07. The molecule has 6 aliphatic rings. The summed E-state index contributed by atoms with van der Waals surface area (Å²) in [6, 6.07) is 16.5. The molecule has 0 radical (unpaired) electrons. The SMILES string of the molecule is C=CCOC(=O)N[C@@H](CSCC1c2ccccc2-c2ccccc21)C(=O)OC[C@H]1C2=C3OCOC3=C(C)C(=O)C2(O)C[C@H]2[C@H]3c4c(cc(C)c(OC)c4OCOC)C[C@@H]([C@H](C#N)N12)N3C. The summed E-state index contributed by atoms with van der Waals surface area (Å²) >= 11 is 1.49. The molecular weight excluding hydrogens is 853 g/mol. The number of rotatable bonds is 14. The average molecular weight is 905 g/mol. The van der Waals surface area contributed by atoms with E-state index in [1.807, 2.05) is 49.2 Å². The van der Waals surface area contributed by atoms with Crippen LogP contribution in [0.2, 0.25) is 0 Å². The molecule has 0 saturated carbocycles. The largest absolute Gasteiger partial charge is 0.493 e. The number of fused-ring (bicyclic) bond motifs is 11. The van der Waals surface area contributed by atoms with Gasteiger partial charge < -0.3 is 43.6 Å². The Morgan fingerprint density at radius 1 is 1.06 bits per heavy atom. The highest BCUT2D eigenvalue weighted by Crippen LogP contribution is 2.57. The van der Waals surface area contributed by atoms with Crippen molar-refractivity contribution in [2.45, 2.75) is 74.5 Å². The van der Waals surface area contributed by atoms with Crippen LogP contribution in [-0.2, 0) is 39.7 Å². The van der Waals surface area contributed by atoms with Crippen LogP contribution in [0.25, 0.3) is 11.1 Å². The number of alkyl carbamates (subject to hydrolysis) is 1. The lowest BCUT2D eigenvalue weighted by Gasteiger charge is -2.62. The van der Waals surface area contributed by atoms with Crippen LogP contribution < -0.4 is 14.8 Å². The van der Waals surface area contributed by atoms with Gasteiger partial charge in [-0.1, -0.05) is 67.3 Å². The van der Waals surface area contributed by atoms with Gasteiger partial charge in [-0.05, 0) is 60.7 Å². The summed E-state index contributed by atoms with van der Waals surface area (Å²) in [7, 11) is 5.03. The second-order valence-corrected chi connectivity index (χ2v) is 18.2. The van der Waals surface area contributed by atoms with Crippen molar-refractivity contribution in [2.75, 3.05) is 59.6 Å². The molecule has 0 spiro atoms. The summed E-state index contributed by atoms with van der Waals surface area (Å²) in [6.07, 6.45) is 0.921. The lowest BCUT2D eigenvalue weighted by Crippen LogP contribution is -2.74. The fraction of sp³-hybridized carbons (Fsp3) is 0.429. The monoisotopic (exact) mass is 904 g/mol. The van der Waals surface area contributed by atoms with Gasteiger partial charge in [0.2, 0.25) is 6.79 Å². The molecule has 2 aliphatic carbocycles. The van der Waals surface area contributed by atoms with Gasteiger partial charge in [0.1, 0.15) is 25.3 Å². The van der Waals surface area contributed by atoms with Crippen LogP contribution in [-0.4, -0.2) is 128 Å². The molecule has 4 aliphatic heterocycles. The predicted molar refractivity (Wildman–Crippen MR) is 239 cm³/mol. The molecule has 3 aromatic carbocycles. The molecular formula is C49H52N4O11S. The van der Waals surface area contributed by atoms with Crippen molar-refractivity contribution < 1.29 is 52.6 Å². The maximum absolute atomic E-state index is 14.6. The van der Waals surface area contributed by atoms with Gasteiger partial charge >= 0.3 is 12.1 Å². The molecule has 3 fully saturated rings. The second kappa shape index (κ2) is 17.9. The standard InChI is InChI=1S/C49H52N4O11S/c1-7-16-60-48(56)51-34(23-65-22-33-31-14-10-8-12-29(31)30-13-9-11-15-32(30)33)47(55)61-21-38-40-45-43(63-25-64-45)27(3)46(54)49(40,57)19-36-41-39-28(18-35(52(41)4)37(20-50)53(36)38)17-26(2)42(59-6)44(39)62-24-58-5/h7-15,17,33-38,41,57H,1,16,18-19,21-25H2,2-6H3,(H,51,56)/t34-,35-,36-,37-,38-,41-,49?/m0/s1. The van der Waals surface area contributed by atoms with Crippen molar-refractivity contribution >= 4 is 29.6 Å². The Labute approximate surface area is 381 Å². The van der Waals surface area contributed by atoms with Crippen LogP contribution in [0.5, 0.6) is 11.5 Å². The van der Waals surface area contributed by atoms with E-state index >= 15 is 0 Å². The Kier molecular flexibility index (Phi) is 12.2. The van der Waals surface area contributed by atoms with Gasteiger partial charge in [-0.25, -0.2) is 9.59 Å². The molecule has 7 atom stereocenters. The zero-order valence-electron chi connectivity index (χ0n) is 37.0. The first-order chi connectivity index (χ1) is 31.5. The van der Waals surface area contributed by atoms with E-state index in [0.29, 0.717) is 23.7 Å². The number of thioether (sulfide) groups is 1. The molecule has 4 heterocycles. The van der Waals surface area contributed by atoms with Crippen LogP contribution in [0.1, 0.15) is 53.1 Å². The number of hydrogen-bond donors (Lipinski definition) is 2. The average Bonchev–Trinajstić information content (AvgIpc) is 3.92. The smallest absolute Gasteiger partial charge is 0.408 e. The fourth-order valence-electron chi connectivity index (χ4n) is 11.0. The quantitative estimate of drug-likeness (QED) is 0.119. The number of amides is 1. The van der Waals surface area contributed by atoms with Crippen molar-refractivity contribution in [1.82, 2.24) is 15.1 Å². The molecule has 1 amide bonds. The molecule has 2 N–H and O–H groups in total. The summed E-state index contributed by atoms with van der Waals surface area (Å²) in [5, 5.41) is 26.8. The molecule has 3 aromatic rings. The summed E-state index contributed by atoms with van der Waals surface area (Å²) in [6.45, 7) is 6.39. The van der Waals surface area contributed by atoms with Crippen LogP contribution in [0.15, 0.2) is 89.9 Å². The summed E-state index contributed by atoms with van der Waals surface area (Å²) in [4.78, 5) is 46.2. The summed E-state index contributed by atoms with van der Waals surface area (Å²) in [5.74, 6) is 0.825. The fourth-order valence-corrected chi connectivity index (χ4v) is 12.2. The van der Waals surface area contributed by atoms with Crippen LogP contribution in [0, 0.1) is 18.3 Å². The Hall–Kier alpha value is -5.83. The summed E-state index contributed by atoms with van der Waals surface area (Å²) in [5.41, 5.74) is 5.51. The summed E-state index contributed by atoms with van der Waals surface area (Å²) < 4.78 is 40.9. The first kappa shape index (κ1) is 44.4. The number of nitrogens with one attached hydrogen (secondary N) is 1. The second-order valence-electron chi connectivity index (χ2n) is 17.1. The molecule has 0 aromatic heterocycles. The minimum absolute atomic E-state index is 0.0549. The van der Waals surface area contributed by atoms with Gasteiger partial charge in [0.25, 0.3) is 0 Å².